The topological polar surface area (TPSA) is 107 Å². The monoisotopic (exact) mass is 528 g/mol. The standard InChI is InChI=1S/C24H37BrN2O6/c1-7-9-27(23(5,6)13-22(2,3)4)20(30)18-24-12-14(25)17(33-24)15(21(31)32)16(24)19(29)26(18)10-8-11-28/h7,14-18,28H,1,8-13H2,2-6H3,(H,31,32)/t14?,15-,16+,17-,18?,24?/m1/s1. The minimum Gasteiger partial charge on any atom is -0.481 e. The van der Waals surface area contributed by atoms with Crippen LogP contribution in [-0.4, -0.2) is 85.6 Å². The second-order valence-electron chi connectivity index (χ2n) is 11.4. The van der Waals surface area contributed by atoms with Crippen molar-refractivity contribution < 1.29 is 29.3 Å². The Bertz CT molecular complexity index is 824. The molecule has 0 aromatic heterocycles. The van der Waals surface area contributed by atoms with E-state index in [0.717, 1.165) is 6.42 Å². The van der Waals surface area contributed by atoms with Crippen LogP contribution >= 0.6 is 15.9 Å². The number of hydrogen-bond donors (Lipinski definition) is 2. The average molecular weight is 529 g/mol. The number of nitrogens with zero attached hydrogens (tertiary/aromatic N) is 2. The summed E-state index contributed by atoms with van der Waals surface area (Å²) in [6.07, 6.45) is 2.40. The lowest BCUT2D eigenvalue weighted by Crippen LogP contribution is -2.61. The number of rotatable bonds is 9. The molecule has 33 heavy (non-hydrogen) atoms. The molecule has 3 rings (SSSR count). The predicted octanol–water partition coefficient (Wildman–Crippen LogP) is 2.43. The van der Waals surface area contributed by atoms with Crippen LogP contribution in [0.4, 0.5) is 0 Å². The summed E-state index contributed by atoms with van der Waals surface area (Å²) >= 11 is 3.55. The Morgan fingerprint density at radius 1 is 1.33 bits per heavy atom. The number of carbonyl (C=O) groups is 3. The number of alkyl halides is 1. The lowest BCUT2D eigenvalue weighted by molar-refractivity contribution is -0.153. The van der Waals surface area contributed by atoms with Gasteiger partial charge in [0.25, 0.3) is 0 Å². The molecule has 0 radical (unpaired) electrons. The van der Waals surface area contributed by atoms with E-state index in [9.17, 15) is 24.6 Å². The number of hydrogen-bond acceptors (Lipinski definition) is 5. The SMILES string of the molecule is C=CCN(C(=O)C1N(CCCO)C(=O)[C@@H]2[C@@H](C(=O)O)[C@@H]3OC12CC3Br)C(C)(C)CC(C)(C)C. The highest BCUT2D eigenvalue weighted by Gasteiger charge is 2.77. The Balaban J connectivity index is 2.08. The third-order valence-electron chi connectivity index (χ3n) is 7.14. The van der Waals surface area contributed by atoms with Crippen molar-refractivity contribution in [1.29, 1.82) is 0 Å². The summed E-state index contributed by atoms with van der Waals surface area (Å²) in [7, 11) is 0. The number of carboxylic acids is 1. The molecule has 3 unspecified atom stereocenters. The molecule has 2 N–H and O–H groups in total. The van der Waals surface area contributed by atoms with E-state index in [1.54, 1.807) is 11.0 Å². The first-order chi connectivity index (χ1) is 15.2. The van der Waals surface area contributed by atoms with Gasteiger partial charge in [-0.3, -0.25) is 14.4 Å². The molecular formula is C24H37BrN2O6. The molecule has 2 amide bonds. The van der Waals surface area contributed by atoms with E-state index in [4.69, 9.17) is 4.74 Å². The van der Waals surface area contributed by atoms with Gasteiger partial charge in [0.1, 0.15) is 11.6 Å². The maximum atomic E-state index is 14.3. The second-order valence-corrected chi connectivity index (χ2v) is 12.6. The fraction of sp³-hybridized carbons (Fsp3) is 0.792. The number of amides is 2. The molecule has 9 heteroatoms. The van der Waals surface area contributed by atoms with Crippen LogP contribution in [0, 0.1) is 17.3 Å². The zero-order valence-corrected chi connectivity index (χ0v) is 21.8. The minimum absolute atomic E-state index is 0.0518. The first kappa shape index (κ1) is 26.2. The highest BCUT2D eigenvalue weighted by molar-refractivity contribution is 9.09. The van der Waals surface area contributed by atoms with Crippen LogP contribution in [-0.2, 0) is 19.1 Å². The Kier molecular flexibility index (Phi) is 7.11. The zero-order valence-electron chi connectivity index (χ0n) is 20.2. The molecule has 0 saturated carbocycles. The highest BCUT2D eigenvalue weighted by Crippen LogP contribution is 2.60. The third-order valence-corrected chi connectivity index (χ3v) is 7.98. The van der Waals surface area contributed by atoms with Crippen LogP contribution in [0.5, 0.6) is 0 Å². The molecule has 3 aliphatic heterocycles. The van der Waals surface area contributed by atoms with Gasteiger partial charge in [0.05, 0.1) is 17.9 Å². The lowest BCUT2D eigenvalue weighted by Gasteiger charge is -2.45. The number of ether oxygens (including phenoxy) is 1. The van der Waals surface area contributed by atoms with Crippen molar-refractivity contribution in [1.82, 2.24) is 9.80 Å². The van der Waals surface area contributed by atoms with Gasteiger partial charge in [-0.15, -0.1) is 6.58 Å². The highest BCUT2D eigenvalue weighted by atomic mass is 79.9. The van der Waals surface area contributed by atoms with Crippen molar-refractivity contribution in [2.24, 2.45) is 17.3 Å². The van der Waals surface area contributed by atoms with Crippen LogP contribution in [0.3, 0.4) is 0 Å². The van der Waals surface area contributed by atoms with Crippen LogP contribution in [0.1, 0.15) is 53.9 Å². The minimum atomic E-state index is -1.21. The summed E-state index contributed by atoms with van der Waals surface area (Å²) < 4.78 is 6.30. The quantitative estimate of drug-likeness (QED) is 0.351. The van der Waals surface area contributed by atoms with Crippen molar-refractivity contribution >= 4 is 33.7 Å². The summed E-state index contributed by atoms with van der Waals surface area (Å²) in [5, 5.41) is 19.4. The fourth-order valence-electron chi connectivity index (χ4n) is 6.48. The number of aliphatic hydroxyl groups excluding tert-OH is 1. The molecule has 3 fully saturated rings. The summed E-state index contributed by atoms with van der Waals surface area (Å²) in [5.74, 6) is -3.65. The molecule has 3 heterocycles. The summed E-state index contributed by atoms with van der Waals surface area (Å²) in [5.41, 5.74) is -1.80. The number of fused-ring (bicyclic) bond motifs is 1. The number of aliphatic carboxylic acids is 1. The molecule has 8 nitrogen and oxygen atoms in total. The first-order valence-electron chi connectivity index (χ1n) is 11.6. The van der Waals surface area contributed by atoms with Gasteiger partial charge in [-0.1, -0.05) is 42.8 Å². The molecule has 0 aromatic rings. The summed E-state index contributed by atoms with van der Waals surface area (Å²) in [4.78, 5) is 42.9. The van der Waals surface area contributed by atoms with E-state index in [0.29, 0.717) is 19.4 Å². The first-order valence-corrected chi connectivity index (χ1v) is 12.5. The van der Waals surface area contributed by atoms with E-state index >= 15 is 0 Å². The Morgan fingerprint density at radius 3 is 2.48 bits per heavy atom. The predicted molar refractivity (Wildman–Crippen MR) is 127 cm³/mol. The second kappa shape index (κ2) is 8.96. The molecule has 0 aromatic carbocycles. The van der Waals surface area contributed by atoms with E-state index in [1.165, 1.54) is 4.90 Å². The molecule has 0 aliphatic carbocycles. The van der Waals surface area contributed by atoms with Gasteiger partial charge in [-0.05, 0) is 38.5 Å². The van der Waals surface area contributed by atoms with E-state index in [2.05, 4.69) is 43.3 Å². The Labute approximate surface area is 204 Å². The molecule has 186 valence electrons. The maximum Gasteiger partial charge on any atom is 0.310 e. The number of likely N-dealkylation sites (tertiary alicyclic amines) is 1. The van der Waals surface area contributed by atoms with Gasteiger partial charge in [0.15, 0.2) is 0 Å². The van der Waals surface area contributed by atoms with Crippen molar-refractivity contribution in [3.8, 4) is 0 Å². The van der Waals surface area contributed by atoms with Crippen molar-refractivity contribution in [3.63, 3.8) is 0 Å². The summed E-state index contributed by atoms with van der Waals surface area (Å²) in [6, 6.07) is -0.949. The number of aliphatic hydroxyl groups is 1. The van der Waals surface area contributed by atoms with Crippen LogP contribution < -0.4 is 0 Å². The van der Waals surface area contributed by atoms with Gasteiger partial charge in [0, 0.05) is 30.1 Å². The van der Waals surface area contributed by atoms with Gasteiger partial charge >= 0.3 is 5.97 Å². The molecule has 3 aliphatic rings. The summed E-state index contributed by atoms with van der Waals surface area (Å²) in [6.45, 7) is 14.5. The van der Waals surface area contributed by atoms with E-state index < -0.39 is 41.1 Å². The van der Waals surface area contributed by atoms with Gasteiger partial charge < -0.3 is 24.7 Å². The van der Waals surface area contributed by atoms with Crippen molar-refractivity contribution in [2.75, 3.05) is 19.7 Å². The largest absolute Gasteiger partial charge is 0.481 e. The van der Waals surface area contributed by atoms with Crippen molar-refractivity contribution in [2.45, 2.75) is 82.0 Å². The molecule has 1 spiro atoms. The number of carbonyl (C=O) groups excluding carboxylic acids is 2. The van der Waals surface area contributed by atoms with Gasteiger partial charge in [-0.2, -0.15) is 0 Å². The third kappa shape index (κ3) is 4.36. The lowest BCUT2D eigenvalue weighted by atomic mass is 9.70. The molecule has 3 saturated heterocycles. The Morgan fingerprint density at radius 2 is 1.97 bits per heavy atom. The molecular weight excluding hydrogens is 492 g/mol. The average Bonchev–Trinajstić information content (AvgIpc) is 3.25. The van der Waals surface area contributed by atoms with E-state index in [1.807, 2.05) is 13.8 Å². The van der Waals surface area contributed by atoms with Gasteiger partial charge in [0.2, 0.25) is 11.8 Å². The van der Waals surface area contributed by atoms with Crippen LogP contribution in [0.15, 0.2) is 12.7 Å². The molecule has 2 bridgehead atoms. The molecule has 6 atom stereocenters. The number of carboxylic acid groups (broad SMARTS) is 1. The normalized spacial score (nSPS) is 33.4. The van der Waals surface area contributed by atoms with Gasteiger partial charge in [-0.25, -0.2) is 0 Å². The maximum absolute atomic E-state index is 14.3. The van der Waals surface area contributed by atoms with E-state index in [-0.39, 0.29) is 35.2 Å². The van der Waals surface area contributed by atoms with Crippen molar-refractivity contribution in [3.05, 3.63) is 12.7 Å². The fourth-order valence-corrected chi connectivity index (χ4v) is 7.42. The van der Waals surface area contributed by atoms with Crippen LogP contribution in [0.2, 0.25) is 0 Å². The van der Waals surface area contributed by atoms with Crippen LogP contribution in [0.25, 0.3) is 0 Å². The zero-order chi connectivity index (χ0) is 24.9. The number of halogens is 1. The Hall–Kier alpha value is -1.45. The smallest absolute Gasteiger partial charge is 0.310 e.